The second-order valence-electron chi connectivity index (χ2n) is 6.27. The van der Waals surface area contributed by atoms with Crippen LogP contribution in [-0.4, -0.2) is 33.4 Å². The zero-order valence-electron chi connectivity index (χ0n) is 13.1. The Labute approximate surface area is 135 Å². The zero-order valence-corrected chi connectivity index (χ0v) is 13.1. The van der Waals surface area contributed by atoms with Gasteiger partial charge in [0.2, 0.25) is 0 Å². The minimum Gasteiger partial charge on any atom is -0.349 e. The van der Waals surface area contributed by atoms with Crippen molar-refractivity contribution in [2.24, 2.45) is 13.0 Å². The van der Waals surface area contributed by atoms with E-state index in [9.17, 15) is 4.79 Å². The van der Waals surface area contributed by atoms with Crippen LogP contribution in [-0.2, 0) is 13.5 Å². The van der Waals surface area contributed by atoms with E-state index >= 15 is 0 Å². The number of carbonyl (C=O) groups is 1. The van der Waals surface area contributed by atoms with Crippen molar-refractivity contribution in [3.05, 3.63) is 66.1 Å². The number of hydrogen-bond donors (Lipinski definition) is 0. The maximum absolute atomic E-state index is 12.4. The first-order chi connectivity index (χ1) is 11.2. The van der Waals surface area contributed by atoms with E-state index < -0.39 is 0 Å². The van der Waals surface area contributed by atoms with Gasteiger partial charge in [-0.2, -0.15) is 0 Å². The van der Waals surface area contributed by atoms with Crippen LogP contribution in [0.15, 0.2) is 54.9 Å². The lowest BCUT2D eigenvalue weighted by molar-refractivity contribution is 0.0500. The van der Waals surface area contributed by atoms with Crippen LogP contribution in [0.3, 0.4) is 0 Å². The van der Waals surface area contributed by atoms with Crippen molar-refractivity contribution in [2.75, 3.05) is 13.1 Å². The molecule has 23 heavy (non-hydrogen) atoms. The molecule has 0 aliphatic carbocycles. The predicted molar refractivity (Wildman–Crippen MR) is 90.3 cm³/mol. The molecule has 1 aliphatic heterocycles. The minimum absolute atomic E-state index is 0.131. The Kier molecular flexibility index (Phi) is 3.37. The first-order valence-corrected chi connectivity index (χ1v) is 7.95. The highest BCUT2D eigenvalue weighted by molar-refractivity contribution is 5.94. The molecule has 116 valence electrons. The third-order valence-electron chi connectivity index (χ3n) is 4.61. The van der Waals surface area contributed by atoms with Gasteiger partial charge in [-0.05, 0) is 36.6 Å². The molecule has 0 bridgehead atoms. The lowest BCUT2D eigenvalue weighted by atomic mass is 9.93. The Bertz CT molecular complexity index is 847. The van der Waals surface area contributed by atoms with E-state index in [1.165, 1.54) is 10.9 Å². The average Bonchev–Trinajstić information content (AvgIpc) is 2.93. The third-order valence-corrected chi connectivity index (χ3v) is 4.61. The molecule has 0 spiro atoms. The topological polar surface area (TPSA) is 38.1 Å². The maximum Gasteiger partial charge on any atom is 0.253 e. The largest absolute Gasteiger partial charge is 0.349 e. The van der Waals surface area contributed by atoms with Crippen molar-refractivity contribution in [3.63, 3.8) is 0 Å². The van der Waals surface area contributed by atoms with Gasteiger partial charge in [0, 0.05) is 43.5 Å². The van der Waals surface area contributed by atoms with Crippen molar-refractivity contribution >= 4 is 16.8 Å². The van der Waals surface area contributed by atoms with E-state index in [1.807, 2.05) is 47.5 Å². The second-order valence-corrected chi connectivity index (χ2v) is 6.27. The van der Waals surface area contributed by atoms with Gasteiger partial charge in [0.1, 0.15) is 0 Å². The fraction of sp³-hybridized carbons (Fsp3) is 0.263. The molecule has 1 saturated heterocycles. The molecular weight excluding hydrogens is 286 g/mol. The Hall–Kier alpha value is -2.62. The SMILES string of the molecule is Cn1ccc2ccnc(CC3CN(C(=O)c4ccccc4)C3)c21. The number of benzene rings is 1. The summed E-state index contributed by atoms with van der Waals surface area (Å²) in [5.41, 5.74) is 3.11. The van der Waals surface area contributed by atoms with Gasteiger partial charge in [0.25, 0.3) is 5.91 Å². The fourth-order valence-corrected chi connectivity index (χ4v) is 3.37. The Morgan fingerprint density at radius 2 is 1.96 bits per heavy atom. The number of rotatable bonds is 3. The van der Waals surface area contributed by atoms with E-state index in [2.05, 4.69) is 28.9 Å². The van der Waals surface area contributed by atoms with E-state index in [0.717, 1.165) is 30.8 Å². The van der Waals surface area contributed by atoms with Crippen molar-refractivity contribution in [1.82, 2.24) is 14.5 Å². The second kappa shape index (κ2) is 5.54. The number of pyridine rings is 1. The predicted octanol–water partition coefficient (Wildman–Crippen LogP) is 2.89. The lowest BCUT2D eigenvalue weighted by Gasteiger charge is -2.39. The number of hydrogen-bond acceptors (Lipinski definition) is 2. The Morgan fingerprint density at radius 1 is 1.17 bits per heavy atom. The first-order valence-electron chi connectivity index (χ1n) is 7.95. The van der Waals surface area contributed by atoms with E-state index in [-0.39, 0.29) is 5.91 Å². The summed E-state index contributed by atoms with van der Waals surface area (Å²) in [4.78, 5) is 18.8. The standard InChI is InChI=1S/C19H19N3O/c1-21-10-8-15-7-9-20-17(18(15)21)11-14-12-22(13-14)19(23)16-5-3-2-4-6-16/h2-10,14H,11-13H2,1H3. The number of aryl methyl sites for hydroxylation is 1. The number of nitrogens with zero attached hydrogens (tertiary/aromatic N) is 3. The Balaban J connectivity index is 1.44. The van der Waals surface area contributed by atoms with Gasteiger partial charge in [-0.1, -0.05) is 18.2 Å². The lowest BCUT2D eigenvalue weighted by Crippen LogP contribution is -2.50. The highest BCUT2D eigenvalue weighted by atomic mass is 16.2. The van der Waals surface area contributed by atoms with Crippen LogP contribution >= 0.6 is 0 Å². The number of aromatic nitrogens is 2. The van der Waals surface area contributed by atoms with Crippen LogP contribution < -0.4 is 0 Å². The number of likely N-dealkylation sites (tertiary alicyclic amines) is 1. The first kappa shape index (κ1) is 14.0. The molecule has 0 atom stereocenters. The van der Waals surface area contributed by atoms with E-state index in [1.54, 1.807) is 0 Å². The molecule has 4 heteroatoms. The molecule has 0 N–H and O–H groups in total. The molecule has 1 aromatic carbocycles. The van der Waals surface area contributed by atoms with Gasteiger partial charge < -0.3 is 9.47 Å². The van der Waals surface area contributed by atoms with Crippen LogP contribution in [0.1, 0.15) is 16.1 Å². The molecule has 4 rings (SSSR count). The van der Waals surface area contributed by atoms with Gasteiger partial charge >= 0.3 is 0 Å². The Morgan fingerprint density at radius 3 is 2.74 bits per heavy atom. The molecule has 0 radical (unpaired) electrons. The summed E-state index contributed by atoms with van der Waals surface area (Å²) in [5, 5.41) is 1.23. The molecule has 3 heterocycles. The summed E-state index contributed by atoms with van der Waals surface area (Å²) in [6, 6.07) is 13.7. The summed E-state index contributed by atoms with van der Waals surface area (Å²) in [6.07, 6.45) is 4.87. The third kappa shape index (κ3) is 2.50. The molecule has 2 aromatic heterocycles. The zero-order chi connectivity index (χ0) is 15.8. The quantitative estimate of drug-likeness (QED) is 0.746. The molecule has 0 unspecified atom stereocenters. The summed E-state index contributed by atoms with van der Waals surface area (Å²) in [5.74, 6) is 0.627. The number of amides is 1. The number of fused-ring (bicyclic) bond motifs is 1. The highest BCUT2D eigenvalue weighted by Gasteiger charge is 2.31. The monoisotopic (exact) mass is 305 g/mol. The van der Waals surface area contributed by atoms with Gasteiger partial charge in [0.15, 0.2) is 0 Å². The fourth-order valence-electron chi connectivity index (χ4n) is 3.37. The minimum atomic E-state index is 0.131. The molecular formula is C19H19N3O. The molecule has 0 saturated carbocycles. The van der Waals surface area contributed by atoms with Crippen molar-refractivity contribution in [3.8, 4) is 0 Å². The summed E-state index contributed by atoms with van der Waals surface area (Å²) >= 11 is 0. The van der Waals surface area contributed by atoms with Crippen molar-refractivity contribution < 1.29 is 4.79 Å². The molecule has 4 nitrogen and oxygen atoms in total. The smallest absolute Gasteiger partial charge is 0.253 e. The van der Waals surface area contributed by atoms with E-state index in [0.29, 0.717) is 5.92 Å². The summed E-state index contributed by atoms with van der Waals surface area (Å²) in [6.45, 7) is 1.63. The number of carbonyl (C=O) groups excluding carboxylic acids is 1. The van der Waals surface area contributed by atoms with Crippen LogP contribution in [0.4, 0.5) is 0 Å². The molecule has 1 fully saturated rings. The van der Waals surface area contributed by atoms with Gasteiger partial charge in [-0.25, -0.2) is 0 Å². The maximum atomic E-state index is 12.4. The highest BCUT2D eigenvalue weighted by Crippen LogP contribution is 2.25. The van der Waals surface area contributed by atoms with Gasteiger partial charge in [-0.15, -0.1) is 0 Å². The van der Waals surface area contributed by atoms with E-state index in [4.69, 9.17) is 0 Å². The van der Waals surface area contributed by atoms with Crippen LogP contribution in [0.5, 0.6) is 0 Å². The van der Waals surface area contributed by atoms with Crippen LogP contribution in [0.25, 0.3) is 10.9 Å². The van der Waals surface area contributed by atoms with Crippen LogP contribution in [0, 0.1) is 5.92 Å². The normalized spacial score (nSPS) is 14.9. The summed E-state index contributed by atoms with van der Waals surface area (Å²) in [7, 11) is 2.06. The molecule has 1 amide bonds. The van der Waals surface area contributed by atoms with Crippen LogP contribution in [0.2, 0.25) is 0 Å². The van der Waals surface area contributed by atoms with Crippen molar-refractivity contribution in [1.29, 1.82) is 0 Å². The molecule has 3 aromatic rings. The average molecular weight is 305 g/mol. The van der Waals surface area contributed by atoms with Gasteiger partial charge in [-0.3, -0.25) is 9.78 Å². The summed E-state index contributed by atoms with van der Waals surface area (Å²) < 4.78 is 2.13. The van der Waals surface area contributed by atoms with Gasteiger partial charge in [0.05, 0.1) is 11.2 Å². The molecule has 1 aliphatic rings. The van der Waals surface area contributed by atoms with Crippen molar-refractivity contribution in [2.45, 2.75) is 6.42 Å².